The van der Waals surface area contributed by atoms with E-state index in [1.165, 1.54) is 6.92 Å². The topological polar surface area (TPSA) is 63.3 Å². The minimum absolute atomic E-state index is 0.00790. The van der Waals surface area contributed by atoms with Crippen molar-refractivity contribution in [2.75, 3.05) is 0 Å². The number of alkyl halides is 6. The summed E-state index contributed by atoms with van der Waals surface area (Å²) in [5, 5.41) is 10.7. The lowest BCUT2D eigenvalue weighted by molar-refractivity contribution is -0.141. The van der Waals surface area contributed by atoms with E-state index in [4.69, 9.17) is 5.73 Å². The number of halogens is 7. The number of carbonyl (C=O) groups is 1. The van der Waals surface area contributed by atoms with E-state index in [1.54, 1.807) is 20.8 Å². The van der Waals surface area contributed by atoms with Crippen molar-refractivity contribution in [1.29, 1.82) is 0 Å². The standard InChI is InChI=1S/C20H18BrF6NO2/c1-8-12(17(28)30)16(29)14(18(2,3)4)13(15(8)21)10-7-9(19(22,23)24)5-6-11(10)20(25,26)27/h5-7,29H,1-4H3,(H2,28,30). The Morgan fingerprint density at radius 2 is 1.57 bits per heavy atom. The van der Waals surface area contributed by atoms with Crippen molar-refractivity contribution in [1.82, 2.24) is 0 Å². The molecule has 0 aromatic heterocycles. The molecule has 0 atom stereocenters. The average molecular weight is 498 g/mol. The van der Waals surface area contributed by atoms with Gasteiger partial charge in [0, 0.05) is 15.6 Å². The van der Waals surface area contributed by atoms with Gasteiger partial charge in [0.1, 0.15) is 5.75 Å². The van der Waals surface area contributed by atoms with Gasteiger partial charge in [0.05, 0.1) is 16.7 Å². The highest BCUT2D eigenvalue weighted by molar-refractivity contribution is 9.10. The minimum Gasteiger partial charge on any atom is -0.507 e. The third-order valence-electron chi connectivity index (χ3n) is 4.57. The van der Waals surface area contributed by atoms with Gasteiger partial charge in [0.15, 0.2) is 0 Å². The molecule has 0 unspecified atom stereocenters. The van der Waals surface area contributed by atoms with E-state index in [0.29, 0.717) is 18.2 Å². The summed E-state index contributed by atoms with van der Waals surface area (Å²) in [5.74, 6) is -1.70. The van der Waals surface area contributed by atoms with Crippen LogP contribution >= 0.6 is 15.9 Å². The molecule has 164 valence electrons. The number of phenols is 1. The summed E-state index contributed by atoms with van der Waals surface area (Å²) in [6.45, 7) is 5.94. The summed E-state index contributed by atoms with van der Waals surface area (Å²) in [4.78, 5) is 11.8. The fourth-order valence-corrected chi connectivity index (χ4v) is 3.90. The molecule has 0 saturated carbocycles. The zero-order chi connectivity index (χ0) is 23.4. The van der Waals surface area contributed by atoms with E-state index < -0.39 is 46.1 Å². The predicted molar refractivity (Wildman–Crippen MR) is 103 cm³/mol. The molecule has 0 fully saturated rings. The van der Waals surface area contributed by atoms with Gasteiger partial charge in [-0.2, -0.15) is 26.3 Å². The van der Waals surface area contributed by atoms with Crippen molar-refractivity contribution >= 4 is 21.8 Å². The molecule has 0 aliphatic heterocycles. The second-order valence-corrected chi connectivity index (χ2v) is 8.58. The molecule has 30 heavy (non-hydrogen) atoms. The highest BCUT2D eigenvalue weighted by atomic mass is 79.9. The van der Waals surface area contributed by atoms with Gasteiger partial charge in [-0.25, -0.2) is 0 Å². The van der Waals surface area contributed by atoms with Crippen LogP contribution in [0.25, 0.3) is 11.1 Å². The third-order valence-corrected chi connectivity index (χ3v) is 5.56. The maximum absolute atomic E-state index is 13.7. The normalized spacial score (nSPS) is 12.9. The number of hydrogen-bond acceptors (Lipinski definition) is 2. The lowest BCUT2D eigenvalue weighted by atomic mass is 9.77. The largest absolute Gasteiger partial charge is 0.507 e. The zero-order valence-corrected chi connectivity index (χ0v) is 17.9. The Morgan fingerprint density at radius 3 is 1.97 bits per heavy atom. The first-order valence-electron chi connectivity index (χ1n) is 8.53. The highest BCUT2D eigenvalue weighted by Crippen LogP contribution is 2.50. The third kappa shape index (κ3) is 4.28. The molecule has 0 saturated heterocycles. The fraction of sp³-hybridized carbons (Fsp3) is 0.350. The predicted octanol–water partition coefficient (Wildman–Crippen LogP) is 6.56. The molecule has 2 aromatic rings. The van der Waals surface area contributed by atoms with Gasteiger partial charge < -0.3 is 10.8 Å². The van der Waals surface area contributed by atoms with Crippen LogP contribution in [0.4, 0.5) is 26.3 Å². The molecule has 1 amide bonds. The SMILES string of the molecule is Cc1c(Br)c(-c2cc(C(F)(F)F)ccc2C(F)(F)F)c(C(C)(C)C)c(O)c1C(N)=O. The van der Waals surface area contributed by atoms with Gasteiger partial charge >= 0.3 is 12.4 Å². The Labute approximate surface area is 177 Å². The van der Waals surface area contributed by atoms with Crippen LogP contribution in [0.3, 0.4) is 0 Å². The van der Waals surface area contributed by atoms with Gasteiger partial charge in [0.2, 0.25) is 0 Å². The summed E-state index contributed by atoms with van der Waals surface area (Å²) in [5.41, 5.74) is 0.141. The molecular formula is C20H18BrF6NO2. The van der Waals surface area contributed by atoms with Crippen LogP contribution in [0.5, 0.6) is 5.75 Å². The smallest absolute Gasteiger partial charge is 0.417 e. The Bertz CT molecular complexity index is 1020. The van der Waals surface area contributed by atoms with E-state index in [2.05, 4.69) is 15.9 Å². The van der Waals surface area contributed by atoms with Gasteiger partial charge in [-0.15, -0.1) is 0 Å². The van der Waals surface area contributed by atoms with Gasteiger partial charge in [0.25, 0.3) is 5.91 Å². The minimum atomic E-state index is -4.97. The zero-order valence-electron chi connectivity index (χ0n) is 16.3. The van der Waals surface area contributed by atoms with Crippen LogP contribution in [0.15, 0.2) is 22.7 Å². The molecule has 10 heteroatoms. The van der Waals surface area contributed by atoms with Crippen LogP contribution in [-0.4, -0.2) is 11.0 Å². The van der Waals surface area contributed by atoms with Gasteiger partial charge in [-0.05, 0) is 57.6 Å². The lowest BCUT2D eigenvalue weighted by Gasteiger charge is -2.29. The maximum Gasteiger partial charge on any atom is 0.417 e. The van der Waals surface area contributed by atoms with Gasteiger partial charge in [-0.1, -0.05) is 20.8 Å². The van der Waals surface area contributed by atoms with Crippen molar-refractivity contribution in [3.8, 4) is 16.9 Å². The number of hydrogen-bond donors (Lipinski definition) is 2. The first kappa shape index (κ1) is 24.0. The Balaban J connectivity index is 3.16. The van der Waals surface area contributed by atoms with Crippen molar-refractivity contribution < 1.29 is 36.2 Å². The molecule has 0 aliphatic carbocycles. The molecule has 2 aromatic carbocycles. The Hall–Kier alpha value is -2.23. The number of carbonyl (C=O) groups excluding carboxylic acids is 1. The molecule has 2 rings (SSSR count). The summed E-state index contributed by atoms with van der Waals surface area (Å²) in [6, 6.07) is 1.09. The summed E-state index contributed by atoms with van der Waals surface area (Å²) < 4.78 is 80.8. The molecule has 3 N–H and O–H groups in total. The maximum atomic E-state index is 13.7. The number of rotatable bonds is 2. The van der Waals surface area contributed by atoms with E-state index in [1.807, 2.05) is 0 Å². The quantitative estimate of drug-likeness (QED) is 0.461. The van der Waals surface area contributed by atoms with E-state index in [9.17, 15) is 36.2 Å². The van der Waals surface area contributed by atoms with E-state index in [0.717, 1.165) is 0 Å². The van der Waals surface area contributed by atoms with Crippen LogP contribution in [0, 0.1) is 6.92 Å². The molecule has 0 bridgehead atoms. The van der Waals surface area contributed by atoms with Crippen molar-refractivity contribution in [3.63, 3.8) is 0 Å². The average Bonchev–Trinajstić information content (AvgIpc) is 2.54. The van der Waals surface area contributed by atoms with E-state index >= 15 is 0 Å². The van der Waals surface area contributed by atoms with E-state index in [-0.39, 0.29) is 26.7 Å². The Kier molecular flexibility index (Phi) is 5.99. The summed E-state index contributed by atoms with van der Waals surface area (Å²) >= 11 is 3.12. The fourth-order valence-electron chi connectivity index (χ4n) is 3.29. The van der Waals surface area contributed by atoms with Crippen molar-refractivity contribution in [3.05, 3.63) is 50.5 Å². The summed E-state index contributed by atoms with van der Waals surface area (Å²) in [6.07, 6.45) is -9.86. The number of primary amides is 1. The van der Waals surface area contributed by atoms with Crippen LogP contribution in [0.1, 0.15) is 53.4 Å². The lowest BCUT2D eigenvalue weighted by Crippen LogP contribution is -2.21. The van der Waals surface area contributed by atoms with Crippen LogP contribution in [0.2, 0.25) is 0 Å². The Morgan fingerprint density at radius 1 is 1.03 bits per heavy atom. The molecule has 0 aliphatic rings. The number of benzene rings is 2. The second-order valence-electron chi connectivity index (χ2n) is 7.78. The first-order chi connectivity index (χ1) is 13.4. The molecule has 0 heterocycles. The summed E-state index contributed by atoms with van der Waals surface area (Å²) in [7, 11) is 0. The molecule has 3 nitrogen and oxygen atoms in total. The van der Waals surface area contributed by atoms with Crippen molar-refractivity contribution in [2.24, 2.45) is 5.73 Å². The first-order valence-corrected chi connectivity index (χ1v) is 9.32. The molecule has 0 spiro atoms. The molecule has 0 radical (unpaired) electrons. The van der Waals surface area contributed by atoms with Crippen molar-refractivity contribution in [2.45, 2.75) is 45.5 Å². The van der Waals surface area contributed by atoms with Crippen LogP contribution in [-0.2, 0) is 17.8 Å². The number of nitrogens with two attached hydrogens (primary N) is 1. The molecular weight excluding hydrogens is 480 g/mol. The number of aromatic hydroxyl groups is 1. The second kappa shape index (κ2) is 7.47. The van der Waals surface area contributed by atoms with Gasteiger partial charge in [-0.3, -0.25) is 4.79 Å². The number of amides is 1. The van der Waals surface area contributed by atoms with Crippen LogP contribution < -0.4 is 5.73 Å². The monoisotopic (exact) mass is 497 g/mol. The highest BCUT2D eigenvalue weighted by Gasteiger charge is 2.40.